The zero-order valence-corrected chi connectivity index (χ0v) is 6.78. The average molecular weight is 172 g/mol. The second-order valence-electron chi connectivity index (χ2n) is 2.76. The Morgan fingerprint density at radius 1 is 1.17 bits per heavy atom. The highest BCUT2D eigenvalue weighted by atomic mass is 16.4. The van der Waals surface area contributed by atoms with Gasteiger partial charge < -0.3 is 5.11 Å². The highest BCUT2D eigenvalue weighted by Crippen LogP contribution is 2.23. The highest BCUT2D eigenvalue weighted by Gasteiger charge is 2.19. The summed E-state index contributed by atoms with van der Waals surface area (Å²) in [5.41, 5.74) is 0. The van der Waals surface area contributed by atoms with Crippen LogP contribution in [0.25, 0.3) is 0 Å². The Kier molecular flexibility index (Phi) is 5.93. The van der Waals surface area contributed by atoms with Crippen molar-refractivity contribution in [1.82, 2.24) is 0 Å². The molecule has 0 atom stereocenters. The number of carboxylic acid groups (broad SMARTS) is 1. The molecule has 1 N–H and O–H groups in total. The standard InChI is InChI=1S/C7H12O2.CO2/c8-7(9)6-4-2-1-3-5-6;2-1-3/h6H,1-5H2,(H,8,9);. The lowest BCUT2D eigenvalue weighted by Crippen LogP contribution is -2.16. The van der Waals surface area contributed by atoms with Crippen molar-refractivity contribution in [2.75, 3.05) is 0 Å². The van der Waals surface area contributed by atoms with Gasteiger partial charge in [-0.1, -0.05) is 19.3 Å². The van der Waals surface area contributed by atoms with Gasteiger partial charge in [0.2, 0.25) is 0 Å². The van der Waals surface area contributed by atoms with Crippen LogP contribution in [0.5, 0.6) is 0 Å². The van der Waals surface area contributed by atoms with Crippen LogP contribution in [0.4, 0.5) is 0 Å². The predicted octanol–water partition coefficient (Wildman–Crippen LogP) is 1.07. The molecule has 12 heavy (non-hydrogen) atoms. The summed E-state index contributed by atoms with van der Waals surface area (Å²) in [6, 6.07) is 0. The molecule has 1 fully saturated rings. The van der Waals surface area contributed by atoms with Gasteiger partial charge in [0, 0.05) is 0 Å². The molecule has 0 aromatic heterocycles. The van der Waals surface area contributed by atoms with E-state index in [0.29, 0.717) is 0 Å². The van der Waals surface area contributed by atoms with Gasteiger partial charge in [-0.3, -0.25) is 4.79 Å². The van der Waals surface area contributed by atoms with Crippen LogP contribution < -0.4 is 0 Å². The molecule has 1 aliphatic rings. The lowest BCUT2D eigenvalue weighted by Gasteiger charge is -2.16. The van der Waals surface area contributed by atoms with Gasteiger partial charge in [-0.2, -0.15) is 9.59 Å². The molecular formula is C8H12O4. The van der Waals surface area contributed by atoms with E-state index < -0.39 is 5.97 Å². The summed E-state index contributed by atoms with van der Waals surface area (Å²) in [5, 5.41) is 8.54. The van der Waals surface area contributed by atoms with Crippen LogP contribution >= 0.6 is 0 Å². The van der Waals surface area contributed by atoms with Crippen molar-refractivity contribution in [2.24, 2.45) is 5.92 Å². The molecule has 68 valence electrons. The van der Waals surface area contributed by atoms with Crippen LogP contribution in [-0.2, 0) is 14.4 Å². The van der Waals surface area contributed by atoms with E-state index in [1.165, 1.54) is 6.42 Å². The Hall–Kier alpha value is -1.15. The zero-order valence-electron chi connectivity index (χ0n) is 6.78. The van der Waals surface area contributed by atoms with Gasteiger partial charge in [0.05, 0.1) is 5.92 Å². The molecule has 0 amide bonds. The molecule has 0 aliphatic heterocycles. The Balaban J connectivity index is 0.000000354. The van der Waals surface area contributed by atoms with Gasteiger partial charge in [0.25, 0.3) is 0 Å². The number of rotatable bonds is 1. The normalized spacial score (nSPS) is 17.0. The molecule has 4 heteroatoms. The van der Waals surface area contributed by atoms with E-state index in [0.717, 1.165) is 25.7 Å². The number of carboxylic acids is 1. The first-order valence-electron chi connectivity index (χ1n) is 3.94. The predicted molar refractivity (Wildman–Crippen MR) is 39.2 cm³/mol. The minimum Gasteiger partial charge on any atom is -0.481 e. The Morgan fingerprint density at radius 2 is 1.58 bits per heavy atom. The van der Waals surface area contributed by atoms with E-state index in [9.17, 15) is 4.79 Å². The lowest BCUT2D eigenvalue weighted by molar-refractivity contribution is -0.191. The monoisotopic (exact) mass is 172 g/mol. The average Bonchev–Trinajstić information content (AvgIpc) is 2.07. The second-order valence-corrected chi connectivity index (χ2v) is 2.76. The molecule has 0 unspecified atom stereocenters. The topological polar surface area (TPSA) is 71.4 Å². The number of aliphatic carboxylic acids is 1. The maximum absolute atomic E-state index is 10.4. The molecule has 1 rings (SSSR count). The van der Waals surface area contributed by atoms with Crippen molar-refractivity contribution in [3.8, 4) is 0 Å². The van der Waals surface area contributed by atoms with Crippen molar-refractivity contribution in [3.63, 3.8) is 0 Å². The quantitative estimate of drug-likeness (QED) is 0.642. The van der Waals surface area contributed by atoms with Crippen molar-refractivity contribution < 1.29 is 19.5 Å². The maximum Gasteiger partial charge on any atom is 0.373 e. The molecule has 0 aromatic carbocycles. The van der Waals surface area contributed by atoms with Gasteiger partial charge >= 0.3 is 12.1 Å². The van der Waals surface area contributed by atoms with Crippen molar-refractivity contribution >= 4 is 12.1 Å². The van der Waals surface area contributed by atoms with Crippen LogP contribution in [0.2, 0.25) is 0 Å². The summed E-state index contributed by atoms with van der Waals surface area (Å²) in [7, 11) is 0. The fourth-order valence-corrected chi connectivity index (χ4v) is 1.35. The smallest absolute Gasteiger partial charge is 0.373 e. The Bertz CT molecular complexity index is 164. The molecule has 1 aliphatic carbocycles. The fraction of sp³-hybridized carbons (Fsp3) is 0.750. The summed E-state index contributed by atoms with van der Waals surface area (Å²) >= 11 is 0. The minimum atomic E-state index is -0.602. The van der Waals surface area contributed by atoms with Gasteiger partial charge in [-0.05, 0) is 12.8 Å². The SMILES string of the molecule is O=C(O)C1CCCCC1.O=C=O. The third-order valence-electron chi connectivity index (χ3n) is 1.95. The third kappa shape index (κ3) is 4.63. The van der Waals surface area contributed by atoms with Crippen molar-refractivity contribution in [2.45, 2.75) is 32.1 Å². The Morgan fingerprint density at radius 3 is 1.83 bits per heavy atom. The second kappa shape index (κ2) is 6.55. The number of hydrogen-bond acceptors (Lipinski definition) is 3. The van der Waals surface area contributed by atoms with Crippen LogP contribution in [0.3, 0.4) is 0 Å². The molecule has 0 spiro atoms. The van der Waals surface area contributed by atoms with E-state index in [1.807, 2.05) is 0 Å². The largest absolute Gasteiger partial charge is 0.481 e. The summed E-state index contributed by atoms with van der Waals surface area (Å²) in [6.45, 7) is 0. The van der Waals surface area contributed by atoms with Gasteiger partial charge in [0.15, 0.2) is 0 Å². The highest BCUT2D eigenvalue weighted by molar-refractivity contribution is 5.69. The van der Waals surface area contributed by atoms with Crippen molar-refractivity contribution in [1.29, 1.82) is 0 Å². The first kappa shape index (κ1) is 10.8. The molecular weight excluding hydrogens is 160 g/mol. The van der Waals surface area contributed by atoms with Crippen LogP contribution in [0.1, 0.15) is 32.1 Å². The summed E-state index contributed by atoms with van der Waals surface area (Å²) < 4.78 is 0. The molecule has 1 saturated carbocycles. The van der Waals surface area contributed by atoms with Crippen LogP contribution in [0, 0.1) is 5.92 Å². The summed E-state index contributed by atoms with van der Waals surface area (Å²) in [6.07, 6.45) is 5.49. The summed E-state index contributed by atoms with van der Waals surface area (Å²) in [5.74, 6) is -0.631. The first-order valence-corrected chi connectivity index (χ1v) is 3.94. The van der Waals surface area contributed by atoms with Crippen LogP contribution in [0.15, 0.2) is 0 Å². The third-order valence-corrected chi connectivity index (χ3v) is 1.95. The summed E-state index contributed by atoms with van der Waals surface area (Å²) in [4.78, 5) is 26.6. The fourth-order valence-electron chi connectivity index (χ4n) is 1.35. The van der Waals surface area contributed by atoms with Gasteiger partial charge in [0.1, 0.15) is 0 Å². The van der Waals surface area contributed by atoms with E-state index >= 15 is 0 Å². The Labute approximate surface area is 70.6 Å². The zero-order chi connectivity index (χ0) is 9.40. The minimum absolute atomic E-state index is 0.0289. The number of carbonyl (C=O) groups is 1. The van der Waals surface area contributed by atoms with Gasteiger partial charge in [-0.25, -0.2) is 0 Å². The molecule has 0 heterocycles. The molecule has 4 nitrogen and oxygen atoms in total. The van der Waals surface area contributed by atoms with E-state index in [2.05, 4.69) is 0 Å². The number of hydrogen-bond donors (Lipinski definition) is 1. The van der Waals surface area contributed by atoms with E-state index in [1.54, 1.807) is 0 Å². The maximum atomic E-state index is 10.4. The van der Waals surface area contributed by atoms with E-state index in [-0.39, 0.29) is 12.1 Å². The van der Waals surface area contributed by atoms with Crippen molar-refractivity contribution in [3.05, 3.63) is 0 Å². The molecule has 0 saturated heterocycles. The van der Waals surface area contributed by atoms with Crippen LogP contribution in [-0.4, -0.2) is 17.2 Å². The molecule has 0 aromatic rings. The molecule has 0 radical (unpaired) electrons. The molecule has 0 bridgehead atoms. The van der Waals surface area contributed by atoms with Gasteiger partial charge in [-0.15, -0.1) is 0 Å². The first-order chi connectivity index (χ1) is 5.72. The lowest BCUT2D eigenvalue weighted by atomic mass is 9.90. The number of carbonyl (C=O) groups excluding carboxylic acids is 2. The van der Waals surface area contributed by atoms with E-state index in [4.69, 9.17) is 14.7 Å².